The predicted molar refractivity (Wildman–Crippen MR) is 70.0 cm³/mol. The first-order valence-electron chi connectivity index (χ1n) is 5.61. The van der Waals surface area contributed by atoms with Gasteiger partial charge in [-0.15, -0.1) is 6.58 Å². The first-order chi connectivity index (χ1) is 8.17. The van der Waals surface area contributed by atoms with Crippen LogP contribution in [-0.4, -0.2) is 66.2 Å². The van der Waals surface area contributed by atoms with Crippen LogP contribution in [0, 0.1) is 0 Å². The van der Waals surface area contributed by atoms with E-state index in [2.05, 4.69) is 32.7 Å². The third-order valence-electron chi connectivity index (χ3n) is 2.65. The lowest BCUT2D eigenvalue weighted by Crippen LogP contribution is -2.51. The molecule has 2 amide bonds. The van der Waals surface area contributed by atoms with Crippen LogP contribution in [0.1, 0.15) is 0 Å². The van der Waals surface area contributed by atoms with E-state index >= 15 is 0 Å². The molecule has 1 aliphatic heterocycles. The van der Waals surface area contributed by atoms with E-state index in [9.17, 15) is 9.59 Å². The molecule has 0 aliphatic carbocycles. The number of nitrogens with zero attached hydrogens (tertiary/aromatic N) is 2. The van der Waals surface area contributed by atoms with Crippen LogP contribution in [0.2, 0.25) is 0 Å². The molecule has 0 aromatic heterocycles. The Morgan fingerprint density at radius 2 is 1.94 bits per heavy atom. The quantitative estimate of drug-likeness (QED) is 0.567. The van der Waals surface area contributed by atoms with Crippen LogP contribution < -0.4 is 5.32 Å². The average molecular weight is 304 g/mol. The van der Waals surface area contributed by atoms with Crippen LogP contribution in [0.3, 0.4) is 0 Å². The van der Waals surface area contributed by atoms with Gasteiger partial charge in [0.1, 0.15) is 0 Å². The summed E-state index contributed by atoms with van der Waals surface area (Å²) in [5.41, 5.74) is 0. The third-order valence-corrected chi connectivity index (χ3v) is 3.13. The van der Waals surface area contributed by atoms with Gasteiger partial charge in [-0.2, -0.15) is 0 Å². The van der Waals surface area contributed by atoms with E-state index in [-0.39, 0.29) is 11.8 Å². The van der Waals surface area contributed by atoms with Gasteiger partial charge < -0.3 is 10.2 Å². The maximum Gasteiger partial charge on any atom is 0.234 e. The van der Waals surface area contributed by atoms with E-state index in [4.69, 9.17) is 0 Å². The van der Waals surface area contributed by atoms with Crippen LogP contribution in [0.15, 0.2) is 12.7 Å². The van der Waals surface area contributed by atoms with Crippen molar-refractivity contribution in [2.24, 2.45) is 0 Å². The van der Waals surface area contributed by atoms with E-state index in [0.29, 0.717) is 31.5 Å². The van der Waals surface area contributed by atoms with Crippen LogP contribution >= 0.6 is 15.9 Å². The molecule has 0 spiro atoms. The van der Waals surface area contributed by atoms with Gasteiger partial charge in [0.25, 0.3) is 0 Å². The topological polar surface area (TPSA) is 52.7 Å². The summed E-state index contributed by atoms with van der Waals surface area (Å²) in [5, 5.41) is 3.11. The molecule has 96 valence electrons. The Labute approximate surface area is 110 Å². The number of nitrogens with one attached hydrogen (secondary N) is 1. The van der Waals surface area contributed by atoms with Crippen molar-refractivity contribution in [3.8, 4) is 0 Å². The van der Waals surface area contributed by atoms with Gasteiger partial charge in [0.05, 0.1) is 11.9 Å². The van der Waals surface area contributed by atoms with E-state index in [1.807, 2.05) is 4.90 Å². The Balaban J connectivity index is 2.25. The number of hydrogen-bond donors (Lipinski definition) is 1. The molecule has 1 heterocycles. The van der Waals surface area contributed by atoms with Crippen molar-refractivity contribution < 1.29 is 9.59 Å². The number of amides is 2. The number of alkyl halides is 1. The molecule has 0 aromatic rings. The number of halogens is 1. The highest BCUT2D eigenvalue weighted by Gasteiger charge is 2.21. The SMILES string of the molecule is C=CCNC(=O)CN1CCN(C(=O)CBr)CC1. The summed E-state index contributed by atoms with van der Waals surface area (Å²) in [6.07, 6.45) is 1.66. The van der Waals surface area contributed by atoms with E-state index < -0.39 is 0 Å². The second-order valence-electron chi connectivity index (χ2n) is 3.88. The minimum Gasteiger partial charge on any atom is -0.352 e. The third kappa shape index (κ3) is 4.87. The highest BCUT2D eigenvalue weighted by atomic mass is 79.9. The van der Waals surface area contributed by atoms with Crippen molar-refractivity contribution in [2.75, 3.05) is 44.6 Å². The van der Waals surface area contributed by atoms with E-state index in [1.54, 1.807) is 6.08 Å². The zero-order chi connectivity index (χ0) is 12.7. The van der Waals surface area contributed by atoms with Gasteiger partial charge in [-0.3, -0.25) is 14.5 Å². The fourth-order valence-corrected chi connectivity index (χ4v) is 2.04. The summed E-state index contributed by atoms with van der Waals surface area (Å²) in [6.45, 7) is 7.32. The molecule has 1 N–H and O–H groups in total. The lowest BCUT2D eigenvalue weighted by Gasteiger charge is -2.34. The Morgan fingerprint density at radius 3 is 2.47 bits per heavy atom. The molecule has 17 heavy (non-hydrogen) atoms. The van der Waals surface area contributed by atoms with Gasteiger partial charge in [-0.05, 0) is 0 Å². The number of carbonyl (C=O) groups excluding carboxylic acids is 2. The fourth-order valence-electron chi connectivity index (χ4n) is 1.68. The van der Waals surface area contributed by atoms with Crippen LogP contribution in [0.5, 0.6) is 0 Å². The zero-order valence-corrected chi connectivity index (χ0v) is 11.4. The Bertz CT molecular complexity index is 288. The first-order valence-corrected chi connectivity index (χ1v) is 6.73. The summed E-state index contributed by atoms with van der Waals surface area (Å²) in [7, 11) is 0. The molecular weight excluding hydrogens is 286 g/mol. The lowest BCUT2D eigenvalue weighted by atomic mass is 10.3. The molecule has 0 unspecified atom stereocenters. The van der Waals surface area contributed by atoms with Crippen molar-refractivity contribution in [1.29, 1.82) is 0 Å². The Morgan fingerprint density at radius 1 is 1.29 bits per heavy atom. The lowest BCUT2D eigenvalue weighted by molar-refractivity contribution is -0.130. The number of carbonyl (C=O) groups is 2. The Kier molecular flexibility index (Phi) is 6.21. The van der Waals surface area contributed by atoms with Crippen molar-refractivity contribution >= 4 is 27.7 Å². The fraction of sp³-hybridized carbons (Fsp3) is 0.636. The molecule has 6 heteroatoms. The maximum atomic E-state index is 11.5. The van der Waals surface area contributed by atoms with Crippen LogP contribution in [-0.2, 0) is 9.59 Å². The van der Waals surface area contributed by atoms with Crippen molar-refractivity contribution in [2.45, 2.75) is 0 Å². The number of rotatable bonds is 5. The molecule has 0 radical (unpaired) electrons. The standard InChI is InChI=1S/C11H18BrN3O2/c1-2-3-13-10(16)9-14-4-6-15(7-5-14)11(17)8-12/h2H,1,3-9H2,(H,13,16). The second-order valence-corrected chi connectivity index (χ2v) is 4.44. The molecule has 1 saturated heterocycles. The minimum atomic E-state index is 0.00479. The van der Waals surface area contributed by atoms with Crippen molar-refractivity contribution in [3.63, 3.8) is 0 Å². The largest absolute Gasteiger partial charge is 0.352 e. The molecule has 0 aromatic carbocycles. The molecule has 0 atom stereocenters. The van der Waals surface area contributed by atoms with Gasteiger partial charge in [0.15, 0.2) is 0 Å². The smallest absolute Gasteiger partial charge is 0.234 e. The normalized spacial score (nSPS) is 16.6. The van der Waals surface area contributed by atoms with Gasteiger partial charge >= 0.3 is 0 Å². The Hall–Kier alpha value is -0.880. The molecule has 1 aliphatic rings. The van der Waals surface area contributed by atoms with Gasteiger partial charge in [-0.25, -0.2) is 0 Å². The molecular formula is C11H18BrN3O2. The summed E-state index contributed by atoms with van der Waals surface area (Å²) in [4.78, 5) is 26.7. The number of piperazine rings is 1. The maximum absolute atomic E-state index is 11.5. The average Bonchev–Trinajstić information content (AvgIpc) is 2.36. The van der Waals surface area contributed by atoms with Crippen molar-refractivity contribution in [3.05, 3.63) is 12.7 Å². The van der Waals surface area contributed by atoms with E-state index in [1.165, 1.54) is 0 Å². The highest BCUT2D eigenvalue weighted by Crippen LogP contribution is 2.02. The predicted octanol–water partition coefficient (Wildman–Crippen LogP) is -0.172. The number of hydrogen-bond acceptors (Lipinski definition) is 3. The monoisotopic (exact) mass is 303 g/mol. The minimum absolute atomic E-state index is 0.00479. The summed E-state index contributed by atoms with van der Waals surface area (Å²) in [5.74, 6) is 0.117. The summed E-state index contributed by atoms with van der Waals surface area (Å²) < 4.78 is 0. The van der Waals surface area contributed by atoms with Crippen LogP contribution in [0.4, 0.5) is 0 Å². The molecule has 5 nitrogen and oxygen atoms in total. The molecule has 0 bridgehead atoms. The molecule has 0 saturated carbocycles. The molecule has 1 fully saturated rings. The molecule has 1 rings (SSSR count). The second kappa shape index (κ2) is 7.45. The first kappa shape index (κ1) is 14.2. The summed E-state index contributed by atoms with van der Waals surface area (Å²) in [6, 6.07) is 0. The van der Waals surface area contributed by atoms with Crippen LogP contribution in [0.25, 0.3) is 0 Å². The van der Waals surface area contributed by atoms with Gasteiger partial charge in [-0.1, -0.05) is 22.0 Å². The summed E-state index contributed by atoms with van der Waals surface area (Å²) >= 11 is 3.16. The van der Waals surface area contributed by atoms with Crippen molar-refractivity contribution in [1.82, 2.24) is 15.1 Å². The van der Waals surface area contributed by atoms with E-state index in [0.717, 1.165) is 13.1 Å². The zero-order valence-electron chi connectivity index (χ0n) is 9.82. The van der Waals surface area contributed by atoms with Gasteiger partial charge in [0, 0.05) is 32.7 Å². The highest BCUT2D eigenvalue weighted by molar-refractivity contribution is 9.09. The van der Waals surface area contributed by atoms with Gasteiger partial charge in [0.2, 0.25) is 11.8 Å².